The summed E-state index contributed by atoms with van der Waals surface area (Å²) >= 11 is 0. The highest BCUT2D eigenvalue weighted by atomic mass is 16.2. The van der Waals surface area contributed by atoms with Gasteiger partial charge in [0.15, 0.2) is 0 Å². The van der Waals surface area contributed by atoms with E-state index in [9.17, 15) is 9.59 Å². The van der Waals surface area contributed by atoms with Crippen molar-refractivity contribution < 1.29 is 9.59 Å². The van der Waals surface area contributed by atoms with Gasteiger partial charge < -0.3 is 16.0 Å². The van der Waals surface area contributed by atoms with E-state index < -0.39 is 5.54 Å². The number of hydrogen-bond acceptors (Lipinski definition) is 2. The second-order valence-electron chi connectivity index (χ2n) is 7.57. The number of aryl methyl sites for hydroxylation is 1. The fraction of sp³-hybridized carbons (Fsp3) is 0.391. The van der Waals surface area contributed by atoms with Crippen molar-refractivity contribution in [3.05, 3.63) is 71.3 Å². The Balaban J connectivity index is 1.82. The maximum absolute atomic E-state index is 13.0. The van der Waals surface area contributed by atoms with Crippen LogP contribution in [0.15, 0.2) is 54.6 Å². The largest absolute Gasteiger partial charge is 0.357 e. The third-order valence-electron chi connectivity index (χ3n) is 5.54. The average molecular weight is 380 g/mol. The monoisotopic (exact) mass is 379 g/mol. The van der Waals surface area contributed by atoms with Crippen molar-refractivity contribution in [1.29, 1.82) is 0 Å². The summed E-state index contributed by atoms with van der Waals surface area (Å²) in [5, 5.41) is 8.81. The SMILES string of the molecule is CNC(=O)C1(NC(=O)NC(c2ccccc2)c2ccc(C)cc2)CCCCC1. The molecule has 0 bridgehead atoms. The van der Waals surface area contributed by atoms with Crippen molar-refractivity contribution in [3.63, 3.8) is 0 Å². The molecule has 2 aromatic rings. The van der Waals surface area contributed by atoms with Crippen LogP contribution in [-0.2, 0) is 4.79 Å². The van der Waals surface area contributed by atoms with Gasteiger partial charge >= 0.3 is 6.03 Å². The second kappa shape index (κ2) is 8.91. The summed E-state index contributed by atoms with van der Waals surface area (Å²) in [7, 11) is 1.62. The number of rotatable bonds is 5. The van der Waals surface area contributed by atoms with Gasteiger partial charge in [-0.2, -0.15) is 0 Å². The lowest BCUT2D eigenvalue weighted by molar-refractivity contribution is -0.128. The number of carbonyl (C=O) groups excluding carboxylic acids is 2. The molecule has 0 spiro atoms. The van der Waals surface area contributed by atoms with Gasteiger partial charge in [0.1, 0.15) is 5.54 Å². The van der Waals surface area contributed by atoms with Crippen LogP contribution in [0.25, 0.3) is 0 Å². The van der Waals surface area contributed by atoms with Crippen LogP contribution in [0.5, 0.6) is 0 Å². The van der Waals surface area contributed by atoms with E-state index in [1.165, 1.54) is 5.56 Å². The van der Waals surface area contributed by atoms with Crippen molar-refractivity contribution in [2.75, 3.05) is 7.05 Å². The number of urea groups is 1. The molecule has 0 saturated heterocycles. The first-order valence-electron chi connectivity index (χ1n) is 9.96. The van der Waals surface area contributed by atoms with Crippen LogP contribution in [-0.4, -0.2) is 24.5 Å². The Morgan fingerprint density at radius 2 is 1.50 bits per heavy atom. The van der Waals surface area contributed by atoms with E-state index in [-0.39, 0.29) is 18.0 Å². The molecule has 1 aliphatic rings. The predicted molar refractivity (Wildman–Crippen MR) is 111 cm³/mol. The van der Waals surface area contributed by atoms with Crippen LogP contribution < -0.4 is 16.0 Å². The van der Waals surface area contributed by atoms with E-state index >= 15 is 0 Å². The summed E-state index contributed by atoms with van der Waals surface area (Å²) in [6, 6.07) is 17.4. The molecule has 1 aliphatic carbocycles. The molecule has 3 N–H and O–H groups in total. The van der Waals surface area contributed by atoms with Gasteiger partial charge in [-0.25, -0.2) is 4.79 Å². The van der Waals surface area contributed by atoms with Gasteiger partial charge in [-0.15, -0.1) is 0 Å². The predicted octanol–water partition coefficient (Wildman–Crippen LogP) is 3.83. The zero-order valence-corrected chi connectivity index (χ0v) is 16.6. The normalized spacial score (nSPS) is 16.6. The Morgan fingerprint density at radius 3 is 2.11 bits per heavy atom. The third kappa shape index (κ3) is 4.53. The van der Waals surface area contributed by atoms with E-state index in [0.29, 0.717) is 12.8 Å². The highest BCUT2D eigenvalue weighted by Gasteiger charge is 2.40. The molecule has 5 heteroatoms. The average Bonchev–Trinajstić information content (AvgIpc) is 2.73. The fourth-order valence-electron chi connectivity index (χ4n) is 3.95. The maximum Gasteiger partial charge on any atom is 0.316 e. The van der Waals surface area contributed by atoms with Crippen LogP contribution in [0, 0.1) is 6.92 Å². The summed E-state index contributed by atoms with van der Waals surface area (Å²) in [6.07, 6.45) is 4.31. The molecule has 0 radical (unpaired) electrons. The lowest BCUT2D eigenvalue weighted by Crippen LogP contribution is -2.61. The highest BCUT2D eigenvalue weighted by Crippen LogP contribution is 2.29. The van der Waals surface area contributed by atoms with Gasteiger partial charge in [-0.05, 0) is 30.9 Å². The lowest BCUT2D eigenvalue weighted by atomic mass is 9.81. The summed E-state index contributed by atoms with van der Waals surface area (Å²) in [5.41, 5.74) is 2.34. The Kier molecular flexibility index (Phi) is 6.34. The minimum Gasteiger partial charge on any atom is -0.357 e. The Morgan fingerprint density at radius 1 is 0.893 bits per heavy atom. The van der Waals surface area contributed by atoms with Gasteiger partial charge in [-0.3, -0.25) is 4.79 Å². The molecule has 148 valence electrons. The van der Waals surface area contributed by atoms with Crippen molar-refractivity contribution in [2.45, 2.75) is 50.6 Å². The van der Waals surface area contributed by atoms with E-state index in [4.69, 9.17) is 0 Å². The van der Waals surface area contributed by atoms with Crippen molar-refractivity contribution in [3.8, 4) is 0 Å². The van der Waals surface area contributed by atoms with Crippen molar-refractivity contribution in [2.24, 2.45) is 0 Å². The van der Waals surface area contributed by atoms with Crippen LogP contribution in [0.4, 0.5) is 4.79 Å². The molecule has 0 heterocycles. The topological polar surface area (TPSA) is 70.2 Å². The number of benzene rings is 2. The molecule has 28 heavy (non-hydrogen) atoms. The number of hydrogen-bond donors (Lipinski definition) is 3. The molecular weight excluding hydrogens is 350 g/mol. The van der Waals surface area contributed by atoms with E-state index in [1.54, 1.807) is 7.05 Å². The van der Waals surface area contributed by atoms with Crippen molar-refractivity contribution >= 4 is 11.9 Å². The second-order valence-corrected chi connectivity index (χ2v) is 7.57. The molecule has 3 rings (SSSR count). The smallest absolute Gasteiger partial charge is 0.316 e. The van der Waals surface area contributed by atoms with E-state index in [2.05, 4.69) is 16.0 Å². The van der Waals surface area contributed by atoms with Crippen LogP contribution >= 0.6 is 0 Å². The van der Waals surface area contributed by atoms with Gasteiger partial charge in [0, 0.05) is 7.05 Å². The zero-order valence-electron chi connectivity index (χ0n) is 16.6. The number of likely N-dealkylation sites (N-methyl/N-ethyl adjacent to an activating group) is 1. The zero-order chi connectivity index (χ0) is 20.0. The summed E-state index contributed by atoms with van der Waals surface area (Å²) in [5.74, 6) is -0.117. The first kappa shape index (κ1) is 19.9. The van der Waals surface area contributed by atoms with E-state index in [1.807, 2.05) is 61.5 Å². The Labute approximate surface area is 166 Å². The molecule has 1 atom stereocenters. The lowest BCUT2D eigenvalue weighted by Gasteiger charge is -2.36. The standard InChI is InChI=1S/C23H29N3O2/c1-17-11-13-19(14-12-17)20(18-9-5-3-6-10-18)25-22(28)26-23(21(27)24-2)15-7-4-8-16-23/h3,5-6,9-14,20H,4,7-8,15-16H2,1-2H3,(H,24,27)(H2,25,26,28). The molecule has 0 aliphatic heterocycles. The molecule has 3 amide bonds. The van der Waals surface area contributed by atoms with Gasteiger partial charge in [-0.1, -0.05) is 79.4 Å². The number of amides is 3. The number of carbonyl (C=O) groups is 2. The van der Waals surface area contributed by atoms with E-state index in [0.717, 1.165) is 30.4 Å². The third-order valence-corrected chi connectivity index (χ3v) is 5.54. The van der Waals surface area contributed by atoms with Crippen molar-refractivity contribution in [1.82, 2.24) is 16.0 Å². The van der Waals surface area contributed by atoms with Gasteiger partial charge in [0.05, 0.1) is 6.04 Å². The van der Waals surface area contributed by atoms with Crippen LogP contribution in [0.1, 0.15) is 54.8 Å². The molecule has 1 unspecified atom stereocenters. The Hall–Kier alpha value is -2.82. The number of nitrogens with one attached hydrogen (secondary N) is 3. The maximum atomic E-state index is 13.0. The first-order chi connectivity index (χ1) is 13.5. The molecule has 0 aromatic heterocycles. The summed E-state index contributed by atoms with van der Waals surface area (Å²) < 4.78 is 0. The minimum absolute atomic E-state index is 0.117. The fourth-order valence-corrected chi connectivity index (χ4v) is 3.95. The molecule has 5 nitrogen and oxygen atoms in total. The Bertz CT molecular complexity index is 796. The van der Waals surface area contributed by atoms with Crippen LogP contribution in [0.2, 0.25) is 0 Å². The minimum atomic E-state index is -0.828. The molecule has 1 saturated carbocycles. The molecular formula is C23H29N3O2. The summed E-state index contributed by atoms with van der Waals surface area (Å²) in [4.78, 5) is 25.5. The van der Waals surface area contributed by atoms with Gasteiger partial charge in [0.2, 0.25) is 5.91 Å². The first-order valence-corrected chi connectivity index (χ1v) is 9.96. The van der Waals surface area contributed by atoms with Crippen LogP contribution in [0.3, 0.4) is 0 Å². The highest BCUT2D eigenvalue weighted by molar-refractivity contribution is 5.91. The van der Waals surface area contributed by atoms with Gasteiger partial charge in [0.25, 0.3) is 0 Å². The summed E-state index contributed by atoms with van der Waals surface area (Å²) in [6.45, 7) is 2.04. The quantitative estimate of drug-likeness (QED) is 0.739. The molecule has 1 fully saturated rings. The molecule has 2 aromatic carbocycles.